The van der Waals surface area contributed by atoms with E-state index in [0.717, 1.165) is 26.2 Å². The Hall–Kier alpha value is -0.770. The number of nitrogens with one attached hydrogen (secondary N) is 2. The molecule has 2 fully saturated rings. The highest BCUT2D eigenvalue weighted by molar-refractivity contribution is 5.76. The van der Waals surface area contributed by atoms with Crippen molar-refractivity contribution in [1.82, 2.24) is 15.5 Å². The number of urea groups is 1. The largest absolute Gasteiger partial charge is 0.336 e. The van der Waals surface area contributed by atoms with E-state index in [-0.39, 0.29) is 6.03 Å². The molecule has 2 amide bonds. The molecule has 0 aromatic carbocycles. The molecule has 0 aromatic heterocycles. The van der Waals surface area contributed by atoms with Crippen molar-refractivity contribution in [2.45, 2.75) is 31.7 Å². The second-order valence-corrected chi connectivity index (χ2v) is 4.56. The Balaban J connectivity index is 1.65. The maximum atomic E-state index is 11.2. The molecule has 1 aliphatic heterocycles. The van der Waals surface area contributed by atoms with Crippen LogP contribution in [0.15, 0.2) is 0 Å². The first-order valence-electron chi connectivity index (χ1n) is 5.47. The molecule has 1 saturated carbocycles. The molecule has 2 rings (SSSR count). The molecule has 0 spiro atoms. The average molecular weight is 197 g/mol. The summed E-state index contributed by atoms with van der Waals surface area (Å²) >= 11 is 0. The van der Waals surface area contributed by atoms with Crippen molar-refractivity contribution in [3.63, 3.8) is 0 Å². The van der Waals surface area contributed by atoms with Crippen LogP contribution in [0.25, 0.3) is 0 Å². The van der Waals surface area contributed by atoms with E-state index in [1.165, 1.54) is 19.3 Å². The zero-order valence-electron chi connectivity index (χ0n) is 8.81. The molecular formula is C10H19N3O. The van der Waals surface area contributed by atoms with E-state index in [1.54, 1.807) is 0 Å². The van der Waals surface area contributed by atoms with E-state index in [2.05, 4.69) is 17.6 Å². The molecule has 4 nitrogen and oxygen atoms in total. The number of nitrogens with zero attached hydrogens (tertiary/aromatic N) is 1. The lowest BCUT2D eigenvalue weighted by Crippen LogP contribution is -2.50. The molecule has 2 aliphatic rings. The SMILES string of the molecule is CC1(NCCN2CCNC2=O)CCC1. The molecule has 1 saturated heterocycles. The van der Waals surface area contributed by atoms with Gasteiger partial charge in [0.05, 0.1) is 0 Å². The third-order valence-electron chi connectivity index (χ3n) is 3.34. The maximum Gasteiger partial charge on any atom is 0.317 e. The van der Waals surface area contributed by atoms with E-state index < -0.39 is 0 Å². The lowest BCUT2D eigenvalue weighted by Gasteiger charge is -2.39. The summed E-state index contributed by atoms with van der Waals surface area (Å²) in [6.07, 6.45) is 3.89. The van der Waals surface area contributed by atoms with Gasteiger partial charge >= 0.3 is 6.03 Å². The minimum Gasteiger partial charge on any atom is -0.336 e. The van der Waals surface area contributed by atoms with Crippen molar-refractivity contribution in [3.8, 4) is 0 Å². The Morgan fingerprint density at radius 3 is 2.86 bits per heavy atom. The summed E-state index contributed by atoms with van der Waals surface area (Å²) in [7, 11) is 0. The summed E-state index contributed by atoms with van der Waals surface area (Å²) < 4.78 is 0. The topological polar surface area (TPSA) is 44.4 Å². The van der Waals surface area contributed by atoms with Gasteiger partial charge in [0.2, 0.25) is 0 Å². The highest BCUT2D eigenvalue weighted by Crippen LogP contribution is 2.30. The molecule has 0 aromatic rings. The molecule has 1 aliphatic carbocycles. The van der Waals surface area contributed by atoms with Crippen LogP contribution in [0.4, 0.5) is 4.79 Å². The number of hydrogen-bond acceptors (Lipinski definition) is 2. The smallest absolute Gasteiger partial charge is 0.317 e. The first-order chi connectivity index (χ1) is 6.70. The predicted molar refractivity (Wildman–Crippen MR) is 55.2 cm³/mol. The average Bonchev–Trinajstić information content (AvgIpc) is 2.49. The molecule has 0 bridgehead atoms. The van der Waals surface area contributed by atoms with Gasteiger partial charge in [0, 0.05) is 31.7 Å². The van der Waals surface area contributed by atoms with E-state index in [9.17, 15) is 4.79 Å². The van der Waals surface area contributed by atoms with E-state index in [1.807, 2.05) is 4.90 Å². The molecule has 0 radical (unpaired) electrons. The van der Waals surface area contributed by atoms with E-state index in [0.29, 0.717) is 5.54 Å². The van der Waals surface area contributed by atoms with Crippen LogP contribution in [-0.4, -0.2) is 42.6 Å². The fourth-order valence-corrected chi connectivity index (χ4v) is 2.10. The van der Waals surface area contributed by atoms with Gasteiger partial charge in [-0.05, 0) is 26.2 Å². The fourth-order valence-electron chi connectivity index (χ4n) is 2.10. The lowest BCUT2D eigenvalue weighted by molar-refractivity contribution is 0.192. The van der Waals surface area contributed by atoms with Crippen molar-refractivity contribution in [1.29, 1.82) is 0 Å². The van der Waals surface area contributed by atoms with Gasteiger partial charge in [0.25, 0.3) is 0 Å². The van der Waals surface area contributed by atoms with Crippen LogP contribution in [0.3, 0.4) is 0 Å². The first-order valence-corrected chi connectivity index (χ1v) is 5.47. The fraction of sp³-hybridized carbons (Fsp3) is 0.900. The van der Waals surface area contributed by atoms with Crippen LogP contribution in [0.2, 0.25) is 0 Å². The molecular weight excluding hydrogens is 178 g/mol. The zero-order valence-corrected chi connectivity index (χ0v) is 8.81. The van der Waals surface area contributed by atoms with Crippen molar-refractivity contribution < 1.29 is 4.79 Å². The van der Waals surface area contributed by atoms with Gasteiger partial charge < -0.3 is 15.5 Å². The van der Waals surface area contributed by atoms with Crippen molar-refractivity contribution in [2.24, 2.45) is 0 Å². The minimum absolute atomic E-state index is 0.0885. The molecule has 2 N–H and O–H groups in total. The van der Waals surface area contributed by atoms with Crippen LogP contribution in [0, 0.1) is 0 Å². The summed E-state index contributed by atoms with van der Waals surface area (Å²) in [5.74, 6) is 0. The Morgan fingerprint density at radius 2 is 2.36 bits per heavy atom. The van der Waals surface area contributed by atoms with Crippen LogP contribution >= 0.6 is 0 Å². The second-order valence-electron chi connectivity index (χ2n) is 4.56. The summed E-state index contributed by atoms with van der Waals surface area (Å²) in [5.41, 5.74) is 0.357. The minimum atomic E-state index is 0.0885. The molecule has 1 heterocycles. The first kappa shape index (κ1) is 9.77. The van der Waals surface area contributed by atoms with Crippen molar-refractivity contribution >= 4 is 6.03 Å². The Labute approximate surface area is 85.0 Å². The number of carbonyl (C=O) groups is 1. The number of hydrogen-bond donors (Lipinski definition) is 2. The summed E-state index contributed by atoms with van der Waals surface area (Å²) in [6.45, 7) is 5.68. The highest BCUT2D eigenvalue weighted by atomic mass is 16.2. The van der Waals surface area contributed by atoms with Gasteiger partial charge in [-0.25, -0.2) is 4.79 Å². The summed E-state index contributed by atoms with van der Waals surface area (Å²) in [6, 6.07) is 0.0885. The maximum absolute atomic E-state index is 11.2. The molecule has 0 atom stereocenters. The molecule has 80 valence electrons. The zero-order chi connectivity index (χ0) is 10.0. The molecule has 0 unspecified atom stereocenters. The summed E-state index contributed by atoms with van der Waals surface area (Å²) in [4.78, 5) is 13.1. The van der Waals surface area contributed by atoms with Gasteiger partial charge in [-0.15, -0.1) is 0 Å². The van der Waals surface area contributed by atoms with Gasteiger partial charge in [-0.3, -0.25) is 0 Å². The Kier molecular flexibility index (Phi) is 2.63. The molecule has 4 heteroatoms. The van der Waals surface area contributed by atoms with Gasteiger partial charge in [-0.1, -0.05) is 0 Å². The van der Waals surface area contributed by atoms with Gasteiger partial charge in [0.15, 0.2) is 0 Å². The molecule has 14 heavy (non-hydrogen) atoms. The van der Waals surface area contributed by atoms with Crippen molar-refractivity contribution in [2.75, 3.05) is 26.2 Å². The van der Waals surface area contributed by atoms with E-state index in [4.69, 9.17) is 0 Å². The van der Waals surface area contributed by atoms with E-state index >= 15 is 0 Å². The Morgan fingerprint density at radius 1 is 1.57 bits per heavy atom. The van der Waals surface area contributed by atoms with Crippen molar-refractivity contribution in [3.05, 3.63) is 0 Å². The van der Waals surface area contributed by atoms with Crippen LogP contribution in [0.1, 0.15) is 26.2 Å². The second kappa shape index (κ2) is 3.77. The van der Waals surface area contributed by atoms with Gasteiger partial charge in [-0.2, -0.15) is 0 Å². The number of amides is 2. The number of carbonyl (C=O) groups excluding carboxylic acids is 1. The van der Waals surface area contributed by atoms with Crippen LogP contribution < -0.4 is 10.6 Å². The standard InChI is InChI=1S/C10H19N3O/c1-10(3-2-4-10)12-6-8-13-7-5-11-9(13)14/h12H,2-8H2,1H3,(H,11,14). The monoisotopic (exact) mass is 197 g/mol. The van der Waals surface area contributed by atoms with Crippen LogP contribution in [-0.2, 0) is 0 Å². The quantitative estimate of drug-likeness (QED) is 0.691. The third kappa shape index (κ3) is 2.00. The normalized spacial score (nSPS) is 24.6. The summed E-state index contributed by atoms with van der Waals surface area (Å²) in [5, 5.41) is 6.33. The van der Waals surface area contributed by atoms with Gasteiger partial charge in [0.1, 0.15) is 0 Å². The predicted octanol–water partition coefficient (Wildman–Crippen LogP) is 0.544. The number of rotatable bonds is 4. The highest BCUT2D eigenvalue weighted by Gasteiger charge is 2.31. The Bertz CT molecular complexity index is 225. The third-order valence-corrected chi connectivity index (χ3v) is 3.34. The van der Waals surface area contributed by atoms with Crippen LogP contribution in [0.5, 0.6) is 0 Å². The lowest BCUT2D eigenvalue weighted by atomic mass is 9.78.